The second-order valence-corrected chi connectivity index (χ2v) is 7.25. The highest BCUT2D eigenvalue weighted by Crippen LogP contribution is 2.36. The second kappa shape index (κ2) is 9.41. The smallest absolute Gasteiger partial charge is 0.417 e. The summed E-state index contributed by atoms with van der Waals surface area (Å²) in [6.07, 6.45) is -2.77. The molecule has 5 nitrogen and oxygen atoms in total. The molecule has 0 aliphatic carbocycles. The van der Waals surface area contributed by atoms with Crippen molar-refractivity contribution in [1.29, 1.82) is 0 Å². The number of nitrogens with zero attached hydrogens (tertiary/aromatic N) is 1. The van der Waals surface area contributed by atoms with Gasteiger partial charge in [-0.3, -0.25) is 9.59 Å². The van der Waals surface area contributed by atoms with Crippen LogP contribution in [0.5, 0.6) is 5.75 Å². The molecule has 0 saturated carbocycles. The highest BCUT2D eigenvalue weighted by Gasteiger charge is 2.33. The van der Waals surface area contributed by atoms with Crippen molar-refractivity contribution in [3.63, 3.8) is 0 Å². The predicted octanol–water partition coefficient (Wildman–Crippen LogP) is 4.80. The monoisotopic (exact) mass is 446 g/mol. The minimum absolute atomic E-state index is 0.0746. The summed E-state index contributed by atoms with van der Waals surface area (Å²) in [7, 11) is 2.84. The molecule has 0 fully saturated rings. The van der Waals surface area contributed by atoms with Crippen molar-refractivity contribution in [2.24, 2.45) is 0 Å². The van der Waals surface area contributed by atoms with E-state index in [1.165, 1.54) is 32.0 Å². The number of benzene rings is 2. The van der Waals surface area contributed by atoms with Gasteiger partial charge >= 0.3 is 6.18 Å². The molecule has 0 heterocycles. The standard InChI is InChI=1S/C19H18ClF3N2O3S/c1-25(18(27)13-6-5-12(29-3)9-16(13)28-2)10-17(26)24-11-4-7-15(20)14(8-11)19(21,22)23/h4-9H,10H2,1-3H3,(H,24,26). The third-order valence-electron chi connectivity index (χ3n) is 3.92. The second-order valence-electron chi connectivity index (χ2n) is 5.97. The van der Waals surface area contributed by atoms with Gasteiger partial charge in [-0.25, -0.2) is 0 Å². The van der Waals surface area contributed by atoms with E-state index in [1.54, 1.807) is 18.2 Å². The van der Waals surface area contributed by atoms with Crippen molar-refractivity contribution in [2.45, 2.75) is 11.1 Å². The molecule has 0 radical (unpaired) electrons. The van der Waals surface area contributed by atoms with Gasteiger partial charge in [0.25, 0.3) is 5.91 Å². The largest absolute Gasteiger partial charge is 0.496 e. The highest BCUT2D eigenvalue weighted by atomic mass is 35.5. The van der Waals surface area contributed by atoms with Gasteiger partial charge in [-0.2, -0.15) is 13.2 Å². The van der Waals surface area contributed by atoms with Gasteiger partial charge in [-0.1, -0.05) is 11.6 Å². The van der Waals surface area contributed by atoms with Crippen LogP contribution in [0.4, 0.5) is 18.9 Å². The number of nitrogens with one attached hydrogen (secondary N) is 1. The lowest BCUT2D eigenvalue weighted by Crippen LogP contribution is -2.35. The fraction of sp³-hybridized carbons (Fsp3) is 0.263. The maximum Gasteiger partial charge on any atom is 0.417 e. The highest BCUT2D eigenvalue weighted by molar-refractivity contribution is 7.98. The third kappa shape index (κ3) is 5.80. The minimum atomic E-state index is -4.65. The fourth-order valence-corrected chi connectivity index (χ4v) is 3.14. The van der Waals surface area contributed by atoms with Crippen molar-refractivity contribution in [3.05, 3.63) is 52.5 Å². The maximum atomic E-state index is 12.9. The van der Waals surface area contributed by atoms with Crippen LogP contribution >= 0.6 is 23.4 Å². The number of methoxy groups -OCH3 is 1. The number of halogens is 4. The van der Waals surface area contributed by atoms with Crippen LogP contribution < -0.4 is 10.1 Å². The Balaban J connectivity index is 2.10. The van der Waals surface area contributed by atoms with Gasteiger partial charge in [-0.05, 0) is 42.7 Å². The summed E-state index contributed by atoms with van der Waals surface area (Å²) in [4.78, 5) is 26.9. The van der Waals surface area contributed by atoms with E-state index < -0.39 is 28.6 Å². The predicted molar refractivity (Wildman–Crippen MR) is 107 cm³/mol. The van der Waals surface area contributed by atoms with Gasteiger partial charge in [0, 0.05) is 17.6 Å². The summed E-state index contributed by atoms with van der Waals surface area (Å²) in [6.45, 7) is -0.365. The van der Waals surface area contributed by atoms with Crippen LogP contribution in [0.1, 0.15) is 15.9 Å². The Morgan fingerprint density at radius 2 is 1.90 bits per heavy atom. The molecule has 2 amide bonds. The number of likely N-dealkylation sites (N-methyl/N-ethyl adjacent to an activating group) is 1. The summed E-state index contributed by atoms with van der Waals surface area (Å²) in [5.74, 6) is -0.755. The first-order valence-electron chi connectivity index (χ1n) is 8.21. The van der Waals surface area contributed by atoms with Crippen LogP contribution in [0.15, 0.2) is 41.3 Å². The minimum Gasteiger partial charge on any atom is -0.496 e. The van der Waals surface area contributed by atoms with E-state index in [9.17, 15) is 22.8 Å². The normalized spacial score (nSPS) is 11.1. The number of carbonyl (C=O) groups is 2. The quantitative estimate of drug-likeness (QED) is 0.647. The van der Waals surface area contributed by atoms with Crippen LogP contribution in [0.3, 0.4) is 0 Å². The molecule has 156 valence electrons. The Morgan fingerprint density at radius 3 is 2.48 bits per heavy atom. The lowest BCUT2D eigenvalue weighted by atomic mass is 10.1. The summed E-state index contributed by atoms with van der Waals surface area (Å²) in [5, 5.41) is 1.87. The van der Waals surface area contributed by atoms with E-state index in [2.05, 4.69) is 5.32 Å². The zero-order chi connectivity index (χ0) is 21.8. The van der Waals surface area contributed by atoms with Gasteiger partial charge in [0.15, 0.2) is 0 Å². The number of carbonyl (C=O) groups excluding carboxylic acids is 2. The van der Waals surface area contributed by atoms with Crippen molar-refractivity contribution >= 4 is 40.9 Å². The number of alkyl halides is 3. The first kappa shape index (κ1) is 22.9. The van der Waals surface area contributed by atoms with Gasteiger partial charge in [0.1, 0.15) is 5.75 Å². The molecule has 0 spiro atoms. The topological polar surface area (TPSA) is 58.6 Å². The summed E-state index contributed by atoms with van der Waals surface area (Å²) >= 11 is 7.05. The lowest BCUT2D eigenvalue weighted by Gasteiger charge is -2.19. The van der Waals surface area contributed by atoms with Crippen molar-refractivity contribution in [2.75, 3.05) is 32.3 Å². The first-order valence-corrected chi connectivity index (χ1v) is 9.81. The lowest BCUT2D eigenvalue weighted by molar-refractivity contribution is -0.137. The molecule has 0 saturated heterocycles. The van der Waals surface area contributed by atoms with Crippen molar-refractivity contribution in [1.82, 2.24) is 4.90 Å². The van der Waals surface area contributed by atoms with Crippen LogP contribution in [0, 0.1) is 0 Å². The fourth-order valence-electron chi connectivity index (χ4n) is 2.49. The molecule has 2 aromatic rings. The Kier molecular flexibility index (Phi) is 7.43. The van der Waals surface area contributed by atoms with E-state index in [-0.39, 0.29) is 17.8 Å². The number of ether oxygens (including phenoxy) is 1. The average molecular weight is 447 g/mol. The van der Waals surface area contributed by atoms with E-state index in [4.69, 9.17) is 16.3 Å². The number of hydrogen-bond donors (Lipinski definition) is 1. The number of rotatable bonds is 6. The Morgan fingerprint density at radius 1 is 1.21 bits per heavy atom. The van der Waals surface area contributed by atoms with Crippen molar-refractivity contribution < 1.29 is 27.5 Å². The maximum absolute atomic E-state index is 12.9. The number of anilines is 1. The summed E-state index contributed by atoms with van der Waals surface area (Å²) in [6, 6.07) is 8.09. The molecule has 0 unspecified atom stereocenters. The van der Waals surface area contributed by atoms with Gasteiger partial charge in [-0.15, -0.1) is 11.8 Å². The zero-order valence-corrected chi connectivity index (χ0v) is 17.3. The number of hydrogen-bond acceptors (Lipinski definition) is 4. The molecule has 1 N–H and O–H groups in total. The van der Waals surface area contributed by atoms with E-state index in [1.807, 2.05) is 6.26 Å². The molecule has 2 aromatic carbocycles. The zero-order valence-electron chi connectivity index (χ0n) is 15.8. The molecule has 0 bridgehead atoms. The Labute approximate surface area is 175 Å². The molecule has 0 aliphatic rings. The first-order chi connectivity index (χ1) is 13.6. The van der Waals surface area contributed by atoms with Crippen LogP contribution in [0.25, 0.3) is 0 Å². The van der Waals surface area contributed by atoms with Crippen LogP contribution in [-0.2, 0) is 11.0 Å². The summed E-state index contributed by atoms with van der Waals surface area (Å²) in [5.41, 5.74) is -0.860. The van der Waals surface area contributed by atoms with Crippen LogP contribution in [0.2, 0.25) is 5.02 Å². The number of thioether (sulfide) groups is 1. The van der Waals surface area contributed by atoms with Gasteiger partial charge in [0.05, 0.1) is 29.8 Å². The summed E-state index contributed by atoms with van der Waals surface area (Å²) < 4.78 is 44.0. The SMILES string of the molecule is COc1cc(SC)ccc1C(=O)N(C)CC(=O)Nc1ccc(Cl)c(C(F)(F)F)c1. The average Bonchev–Trinajstić information content (AvgIpc) is 2.67. The number of amides is 2. The molecule has 2 rings (SSSR count). The van der Waals surface area contributed by atoms with Crippen LogP contribution in [-0.4, -0.2) is 43.7 Å². The molecule has 0 aromatic heterocycles. The molecule has 29 heavy (non-hydrogen) atoms. The molecule has 0 atom stereocenters. The van der Waals surface area contributed by atoms with Gasteiger partial charge in [0.2, 0.25) is 5.91 Å². The third-order valence-corrected chi connectivity index (χ3v) is 4.98. The van der Waals surface area contributed by atoms with E-state index >= 15 is 0 Å². The molecule has 0 aliphatic heterocycles. The molecular weight excluding hydrogens is 429 g/mol. The van der Waals surface area contributed by atoms with Gasteiger partial charge < -0.3 is 15.0 Å². The van der Waals surface area contributed by atoms with Crippen molar-refractivity contribution in [3.8, 4) is 5.75 Å². The molecule has 10 heteroatoms. The Hall–Kier alpha value is -2.39. The van der Waals surface area contributed by atoms with E-state index in [0.717, 1.165) is 21.9 Å². The Bertz CT molecular complexity index is 922. The molecular formula is C19H18ClF3N2O3S. The van der Waals surface area contributed by atoms with E-state index in [0.29, 0.717) is 5.75 Å².